The first-order chi connectivity index (χ1) is 13.9. The van der Waals surface area contributed by atoms with Crippen LogP contribution in [0.25, 0.3) is 0 Å². The van der Waals surface area contributed by atoms with Crippen molar-refractivity contribution in [1.29, 1.82) is 0 Å². The molecule has 4 saturated carbocycles. The summed E-state index contributed by atoms with van der Waals surface area (Å²) in [6.45, 7) is 7.15. The summed E-state index contributed by atoms with van der Waals surface area (Å²) in [7, 11) is 0. The van der Waals surface area contributed by atoms with Crippen molar-refractivity contribution < 1.29 is 5.11 Å². The van der Waals surface area contributed by atoms with Crippen LogP contribution in [0, 0.1) is 40.9 Å². The third-order valence-corrected chi connectivity index (χ3v) is 10.1. The smallest absolute Gasteiger partial charge is 0.0622 e. The highest BCUT2D eigenvalue weighted by Crippen LogP contribution is 2.65. The second kappa shape index (κ2) is 7.29. The van der Waals surface area contributed by atoms with Crippen molar-refractivity contribution in [3.8, 4) is 0 Å². The molecule has 5 rings (SSSR count). The van der Waals surface area contributed by atoms with Crippen LogP contribution in [-0.4, -0.2) is 16.7 Å². The molecule has 0 unspecified atom stereocenters. The van der Waals surface area contributed by atoms with Gasteiger partial charge in [-0.05, 0) is 125 Å². The summed E-state index contributed by atoms with van der Waals surface area (Å²) in [5.74, 6) is 5.30. The van der Waals surface area contributed by atoms with Gasteiger partial charge in [-0.15, -0.1) is 0 Å². The van der Waals surface area contributed by atoms with Crippen molar-refractivity contribution in [1.82, 2.24) is 0 Å². The fraction of sp³-hybridized carbons (Fsp3) is 0.778. The van der Waals surface area contributed by atoms with Crippen LogP contribution in [-0.2, 0) is 0 Å². The van der Waals surface area contributed by atoms with Crippen LogP contribution in [0.3, 0.4) is 0 Å². The molecule has 2 heteroatoms. The summed E-state index contributed by atoms with van der Waals surface area (Å²) in [5, 5.41) is 14.5. The van der Waals surface area contributed by atoms with Crippen molar-refractivity contribution in [3.63, 3.8) is 0 Å². The molecule has 2 N–H and O–H groups in total. The molecule has 0 aromatic heterocycles. The van der Waals surface area contributed by atoms with Crippen LogP contribution >= 0.6 is 0 Å². The first kappa shape index (κ1) is 19.9. The Bertz CT molecular complexity index is 715. The van der Waals surface area contributed by atoms with Gasteiger partial charge in [0.05, 0.1) is 5.60 Å². The number of fused-ring (bicyclic) bond motifs is 5. The van der Waals surface area contributed by atoms with Gasteiger partial charge in [-0.25, -0.2) is 0 Å². The fourth-order valence-corrected chi connectivity index (χ4v) is 8.84. The number of anilines is 1. The van der Waals surface area contributed by atoms with Gasteiger partial charge >= 0.3 is 0 Å². The SMILES string of the molecule is C[C@H](Nc1ccccc1)[C@H]1CC[C@H]2[C@@H]3CC[C@@H]4C[C@](C)(O)CC[C@@H]4[C@H]3CC[C@]12C. The van der Waals surface area contributed by atoms with Crippen LogP contribution in [0.1, 0.15) is 78.6 Å². The Balaban J connectivity index is 1.31. The number of para-hydroxylation sites is 1. The van der Waals surface area contributed by atoms with Crippen molar-refractivity contribution in [2.75, 3.05) is 5.32 Å². The third kappa shape index (κ3) is 3.44. The van der Waals surface area contributed by atoms with Crippen molar-refractivity contribution >= 4 is 5.69 Å². The quantitative estimate of drug-likeness (QED) is 0.611. The fourth-order valence-electron chi connectivity index (χ4n) is 8.84. The number of aliphatic hydroxyl groups is 1. The molecule has 29 heavy (non-hydrogen) atoms. The van der Waals surface area contributed by atoms with Crippen molar-refractivity contribution in [2.24, 2.45) is 40.9 Å². The van der Waals surface area contributed by atoms with Gasteiger partial charge in [0.1, 0.15) is 0 Å². The molecule has 0 radical (unpaired) electrons. The number of hydrogen-bond acceptors (Lipinski definition) is 2. The summed E-state index contributed by atoms with van der Waals surface area (Å²) in [4.78, 5) is 0. The molecule has 0 spiro atoms. The van der Waals surface area contributed by atoms with E-state index in [0.29, 0.717) is 11.5 Å². The lowest BCUT2D eigenvalue weighted by Crippen LogP contribution is -2.51. The standard InChI is InChI=1S/C27H41NO/c1-18(28-20-7-5-4-6-8-20)24-11-12-25-23-10-9-19-17-26(2,29)15-13-21(19)22(23)14-16-27(24,25)3/h4-8,18-19,21-25,28-29H,9-17H2,1-3H3/t18-,19+,21-,22+,23+,24+,25-,26+,27+/m0/s1. The first-order valence-electron chi connectivity index (χ1n) is 12.4. The molecule has 1 aromatic carbocycles. The lowest BCUT2D eigenvalue weighted by atomic mass is 9.49. The minimum absolute atomic E-state index is 0.395. The Kier molecular flexibility index (Phi) is 5.01. The second-order valence-electron chi connectivity index (χ2n) is 11.7. The minimum atomic E-state index is -0.395. The number of nitrogens with one attached hydrogen (secondary N) is 1. The molecule has 0 saturated heterocycles. The Hall–Kier alpha value is -1.02. The molecule has 0 aliphatic heterocycles. The van der Waals surface area contributed by atoms with Gasteiger partial charge in [0, 0.05) is 11.7 Å². The molecule has 160 valence electrons. The van der Waals surface area contributed by atoms with E-state index in [1.807, 2.05) is 0 Å². The van der Waals surface area contributed by atoms with E-state index in [-0.39, 0.29) is 0 Å². The van der Waals surface area contributed by atoms with Gasteiger partial charge in [0.2, 0.25) is 0 Å². The highest BCUT2D eigenvalue weighted by Gasteiger charge is 2.58. The first-order valence-corrected chi connectivity index (χ1v) is 12.4. The van der Waals surface area contributed by atoms with Gasteiger partial charge in [0.25, 0.3) is 0 Å². The van der Waals surface area contributed by atoms with E-state index < -0.39 is 5.60 Å². The van der Waals surface area contributed by atoms with Gasteiger partial charge in [-0.1, -0.05) is 25.1 Å². The molecule has 0 amide bonds. The Morgan fingerprint density at radius 2 is 1.66 bits per heavy atom. The predicted molar refractivity (Wildman–Crippen MR) is 121 cm³/mol. The molecule has 0 heterocycles. The maximum absolute atomic E-state index is 10.6. The summed E-state index contributed by atoms with van der Waals surface area (Å²) in [6.07, 6.45) is 11.9. The monoisotopic (exact) mass is 395 g/mol. The van der Waals surface area contributed by atoms with Crippen LogP contribution in [0.5, 0.6) is 0 Å². The predicted octanol–water partition coefficient (Wildman–Crippen LogP) is 6.51. The van der Waals surface area contributed by atoms with Gasteiger partial charge in [0.15, 0.2) is 0 Å². The normalized spacial score (nSPS) is 47.6. The molecule has 0 bridgehead atoms. The van der Waals surface area contributed by atoms with E-state index in [0.717, 1.165) is 48.3 Å². The topological polar surface area (TPSA) is 32.3 Å². The van der Waals surface area contributed by atoms with E-state index in [1.165, 1.54) is 50.6 Å². The van der Waals surface area contributed by atoms with Crippen molar-refractivity contribution in [2.45, 2.75) is 90.2 Å². The summed E-state index contributed by atoms with van der Waals surface area (Å²) >= 11 is 0. The highest BCUT2D eigenvalue weighted by atomic mass is 16.3. The zero-order valence-electron chi connectivity index (χ0n) is 18.7. The molecule has 4 fully saturated rings. The summed E-state index contributed by atoms with van der Waals surface area (Å²) < 4.78 is 0. The molecule has 4 aliphatic carbocycles. The summed E-state index contributed by atoms with van der Waals surface area (Å²) in [5.41, 5.74) is 1.39. The van der Waals surface area contributed by atoms with Gasteiger partial charge in [-0.2, -0.15) is 0 Å². The van der Waals surface area contributed by atoms with Crippen LogP contribution < -0.4 is 5.32 Å². The lowest BCUT2D eigenvalue weighted by molar-refractivity contribution is -0.100. The second-order valence-corrected chi connectivity index (χ2v) is 11.7. The zero-order valence-corrected chi connectivity index (χ0v) is 18.7. The van der Waals surface area contributed by atoms with E-state index in [9.17, 15) is 5.11 Å². The van der Waals surface area contributed by atoms with Crippen molar-refractivity contribution in [3.05, 3.63) is 30.3 Å². The van der Waals surface area contributed by atoms with Crippen LogP contribution in [0.2, 0.25) is 0 Å². The zero-order chi connectivity index (χ0) is 20.2. The molecule has 2 nitrogen and oxygen atoms in total. The lowest BCUT2D eigenvalue weighted by Gasteiger charge is -2.57. The third-order valence-electron chi connectivity index (χ3n) is 10.1. The van der Waals surface area contributed by atoms with Crippen LogP contribution in [0.4, 0.5) is 5.69 Å². The maximum atomic E-state index is 10.6. The summed E-state index contributed by atoms with van der Waals surface area (Å²) in [6, 6.07) is 11.3. The van der Waals surface area contributed by atoms with Crippen LogP contribution in [0.15, 0.2) is 30.3 Å². The molecule has 9 atom stereocenters. The Morgan fingerprint density at radius 3 is 2.45 bits per heavy atom. The average Bonchev–Trinajstić information content (AvgIpc) is 3.05. The Morgan fingerprint density at radius 1 is 0.897 bits per heavy atom. The molecule has 4 aliphatic rings. The molecule has 1 aromatic rings. The number of benzene rings is 1. The number of hydrogen-bond donors (Lipinski definition) is 2. The van der Waals surface area contributed by atoms with Gasteiger partial charge in [-0.3, -0.25) is 0 Å². The number of rotatable bonds is 3. The van der Waals surface area contributed by atoms with E-state index in [2.05, 4.69) is 56.4 Å². The highest BCUT2D eigenvalue weighted by molar-refractivity contribution is 5.43. The minimum Gasteiger partial charge on any atom is -0.390 e. The molecular formula is C27H41NO. The molecular weight excluding hydrogens is 354 g/mol. The Labute approximate surface area is 177 Å². The largest absolute Gasteiger partial charge is 0.390 e. The van der Waals surface area contributed by atoms with E-state index in [4.69, 9.17) is 0 Å². The maximum Gasteiger partial charge on any atom is 0.0622 e. The van der Waals surface area contributed by atoms with E-state index >= 15 is 0 Å². The van der Waals surface area contributed by atoms with Gasteiger partial charge < -0.3 is 10.4 Å². The average molecular weight is 396 g/mol. The van der Waals surface area contributed by atoms with E-state index in [1.54, 1.807) is 0 Å².